The van der Waals surface area contributed by atoms with Gasteiger partial charge < -0.3 is 14.5 Å². The normalized spacial score (nSPS) is 14.8. The van der Waals surface area contributed by atoms with Crippen LogP contribution in [0.1, 0.15) is 0 Å². The SMILES string of the molecule is O=C(Nc1ccnc(OCC(F)(F)F)n1)N1CCN(c2cnccn2)CC1. The summed E-state index contributed by atoms with van der Waals surface area (Å²) in [6.07, 6.45) is 1.55. The van der Waals surface area contributed by atoms with E-state index in [0.717, 1.165) is 5.82 Å². The number of nitrogens with zero attached hydrogens (tertiary/aromatic N) is 6. The number of rotatable bonds is 4. The Bertz CT molecular complexity index is 768. The van der Waals surface area contributed by atoms with Crippen molar-refractivity contribution in [1.29, 1.82) is 0 Å². The van der Waals surface area contributed by atoms with E-state index < -0.39 is 24.8 Å². The van der Waals surface area contributed by atoms with Gasteiger partial charge in [0.05, 0.1) is 6.20 Å². The van der Waals surface area contributed by atoms with Crippen molar-refractivity contribution in [2.75, 3.05) is 43.0 Å². The molecule has 2 aromatic heterocycles. The molecular formula is C15H16F3N7O2. The number of nitrogens with one attached hydrogen (secondary N) is 1. The van der Waals surface area contributed by atoms with E-state index in [1.807, 2.05) is 4.90 Å². The number of carbonyl (C=O) groups is 1. The zero-order chi connectivity index (χ0) is 19.3. The van der Waals surface area contributed by atoms with Gasteiger partial charge in [-0.3, -0.25) is 10.3 Å². The highest BCUT2D eigenvalue weighted by atomic mass is 19.4. The van der Waals surface area contributed by atoms with E-state index in [1.54, 1.807) is 23.5 Å². The lowest BCUT2D eigenvalue weighted by Gasteiger charge is -2.35. The van der Waals surface area contributed by atoms with Gasteiger partial charge in [0, 0.05) is 44.8 Å². The topological polar surface area (TPSA) is 96.4 Å². The van der Waals surface area contributed by atoms with Crippen LogP contribution in [0.25, 0.3) is 0 Å². The van der Waals surface area contributed by atoms with Crippen molar-refractivity contribution in [3.8, 4) is 6.01 Å². The molecule has 1 aliphatic heterocycles. The first-order valence-corrected chi connectivity index (χ1v) is 8.00. The highest BCUT2D eigenvalue weighted by molar-refractivity contribution is 5.88. The second-order valence-electron chi connectivity index (χ2n) is 5.60. The molecule has 0 saturated carbocycles. The average molecular weight is 383 g/mol. The van der Waals surface area contributed by atoms with Crippen LogP contribution in [0.3, 0.4) is 0 Å². The number of anilines is 2. The quantitative estimate of drug-likeness (QED) is 0.856. The Kier molecular flexibility index (Phi) is 5.52. The molecule has 0 atom stereocenters. The minimum atomic E-state index is -4.49. The maximum atomic E-state index is 12.3. The molecular weight excluding hydrogens is 367 g/mol. The number of hydrogen-bond donors (Lipinski definition) is 1. The average Bonchev–Trinajstić information content (AvgIpc) is 2.67. The van der Waals surface area contributed by atoms with E-state index >= 15 is 0 Å². The third kappa shape index (κ3) is 5.39. The van der Waals surface area contributed by atoms with Crippen LogP contribution in [0.5, 0.6) is 6.01 Å². The van der Waals surface area contributed by atoms with E-state index in [-0.39, 0.29) is 5.82 Å². The molecule has 1 aliphatic rings. The highest BCUT2D eigenvalue weighted by Crippen LogP contribution is 2.17. The number of ether oxygens (including phenoxy) is 1. The summed E-state index contributed by atoms with van der Waals surface area (Å²) in [5.41, 5.74) is 0. The summed E-state index contributed by atoms with van der Waals surface area (Å²) in [7, 11) is 0. The number of carbonyl (C=O) groups excluding carboxylic acids is 1. The number of amides is 2. The van der Waals surface area contributed by atoms with Crippen molar-refractivity contribution in [2.45, 2.75) is 6.18 Å². The van der Waals surface area contributed by atoms with Crippen molar-refractivity contribution >= 4 is 17.7 Å². The van der Waals surface area contributed by atoms with Crippen molar-refractivity contribution < 1.29 is 22.7 Å². The van der Waals surface area contributed by atoms with Crippen LogP contribution in [0.2, 0.25) is 0 Å². The summed E-state index contributed by atoms with van der Waals surface area (Å²) in [4.78, 5) is 31.5. The second kappa shape index (κ2) is 8.01. The van der Waals surface area contributed by atoms with Gasteiger partial charge in [-0.2, -0.15) is 18.2 Å². The van der Waals surface area contributed by atoms with Gasteiger partial charge in [0.2, 0.25) is 0 Å². The lowest BCUT2D eigenvalue weighted by Crippen LogP contribution is -2.50. The van der Waals surface area contributed by atoms with Gasteiger partial charge in [0.1, 0.15) is 11.6 Å². The zero-order valence-corrected chi connectivity index (χ0v) is 14.1. The fourth-order valence-corrected chi connectivity index (χ4v) is 2.41. The number of alkyl halides is 3. The molecule has 12 heteroatoms. The lowest BCUT2D eigenvalue weighted by atomic mass is 10.3. The fraction of sp³-hybridized carbons (Fsp3) is 0.400. The van der Waals surface area contributed by atoms with E-state index in [2.05, 4.69) is 30.0 Å². The molecule has 0 aromatic carbocycles. The Morgan fingerprint density at radius 1 is 1.15 bits per heavy atom. The largest absolute Gasteiger partial charge is 0.454 e. The van der Waals surface area contributed by atoms with Gasteiger partial charge in [-0.1, -0.05) is 0 Å². The zero-order valence-electron chi connectivity index (χ0n) is 14.1. The maximum absolute atomic E-state index is 12.3. The van der Waals surface area contributed by atoms with Gasteiger partial charge in [-0.25, -0.2) is 14.8 Å². The first-order chi connectivity index (χ1) is 12.9. The molecule has 144 valence electrons. The molecule has 2 amide bonds. The van der Waals surface area contributed by atoms with Gasteiger partial charge in [0.15, 0.2) is 6.61 Å². The molecule has 0 spiro atoms. The van der Waals surface area contributed by atoms with Crippen LogP contribution in [0.15, 0.2) is 30.9 Å². The van der Waals surface area contributed by atoms with Gasteiger partial charge >= 0.3 is 18.2 Å². The standard InChI is InChI=1S/C15H16F3N7O2/c16-15(17,18)10-27-13-21-2-1-11(22-13)23-14(26)25-7-5-24(6-8-25)12-9-19-3-4-20-12/h1-4,9H,5-8,10H2,(H,21,22,23,26). The third-order valence-corrected chi connectivity index (χ3v) is 3.67. The second-order valence-corrected chi connectivity index (χ2v) is 5.60. The van der Waals surface area contributed by atoms with Crippen LogP contribution in [0.4, 0.5) is 29.6 Å². The Morgan fingerprint density at radius 3 is 2.59 bits per heavy atom. The number of piperazine rings is 1. The van der Waals surface area contributed by atoms with E-state index in [4.69, 9.17) is 0 Å². The van der Waals surface area contributed by atoms with Crippen LogP contribution >= 0.6 is 0 Å². The Morgan fingerprint density at radius 2 is 1.93 bits per heavy atom. The molecule has 9 nitrogen and oxygen atoms in total. The molecule has 2 aromatic rings. The molecule has 0 bridgehead atoms. The summed E-state index contributed by atoms with van der Waals surface area (Å²) in [6.45, 7) is 0.552. The number of urea groups is 1. The Hall–Kier alpha value is -3.18. The maximum Gasteiger partial charge on any atom is 0.422 e. The Labute approximate surface area is 152 Å². The predicted molar refractivity (Wildman–Crippen MR) is 88.4 cm³/mol. The lowest BCUT2D eigenvalue weighted by molar-refractivity contribution is -0.154. The molecule has 3 rings (SSSR count). The molecule has 3 heterocycles. The summed E-state index contributed by atoms with van der Waals surface area (Å²) < 4.78 is 41.0. The fourth-order valence-electron chi connectivity index (χ4n) is 2.41. The minimum absolute atomic E-state index is 0.0588. The molecule has 0 radical (unpaired) electrons. The van der Waals surface area contributed by atoms with Gasteiger partial charge in [-0.05, 0) is 6.07 Å². The first kappa shape index (κ1) is 18.6. The molecule has 1 N–H and O–H groups in total. The van der Waals surface area contributed by atoms with E-state index in [9.17, 15) is 18.0 Å². The van der Waals surface area contributed by atoms with Crippen LogP contribution < -0.4 is 15.0 Å². The first-order valence-electron chi connectivity index (χ1n) is 8.00. The Balaban J connectivity index is 1.52. The van der Waals surface area contributed by atoms with Crippen LogP contribution in [-0.4, -0.2) is 69.8 Å². The predicted octanol–water partition coefficient (Wildman–Crippen LogP) is 1.56. The summed E-state index contributed by atoms with van der Waals surface area (Å²) in [5.74, 6) is 0.795. The molecule has 0 unspecified atom stereocenters. The van der Waals surface area contributed by atoms with E-state index in [1.165, 1.54) is 12.3 Å². The van der Waals surface area contributed by atoms with E-state index in [0.29, 0.717) is 26.2 Å². The smallest absolute Gasteiger partial charge is 0.422 e. The summed E-state index contributed by atoms with van der Waals surface area (Å²) in [5, 5.41) is 2.53. The minimum Gasteiger partial charge on any atom is -0.454 e. The number of halogens is 3. The number of hydrogen-bond acceptors (Lipinski definition) is 7. The van der Waals surface area contributed by atoms with Gasteiger partial charge in [-0.15, -0.1) is 0 Å². The molecule has 0 aliphatic carbocycles. The van der Waals surface area contributed by atoms with Gasteiger partial charge in [0.25, 0.3) is 0 Å². The van der Waals surface area contributed by atoms with Crippen molar-refractivity contribution in [3.63, 3.8) is 0 Å². The molecule has 1 saturated heterocycles. The van der Waals surface area contributed by atoms with Crippen molar-refractivity contribution in [3.05, 3.63) is 30.9 Å². The monoisotopic (exact) mass is 383 g/mol. The van der Waals surface area contributed by atoms with Crippen LogP contribution in [-0.2, 0) is 0 Å². The molecule has 27 heavy (non-hydrogen) atoms. The molecule has 1 fully saturated rings. The highest BCUT2D eigenvalue weighted by Gasteiger charge is 2.29. The van der Waals surface area contributed by atoms with Crippen LogP contribution in [0, 0.1) is 0 Å². The summed E-state index contributed by atoms with van der Waals surface area (Å²) >= 11 is 0. The number of aromatic nitrogens is 4. The summed E-state index contributed by atoms with van der Waals surface area (Å²) in [6, 6.07) is 0.501. The van der Waals surface area contributed by atoms with Crippen molar-refractivity contribution in [2.24, 2.45) is 0 Å². The third-order valence-electron chi connectivity index (χ3n) is 3.67. The van der Waals surface area contributed by atoms with Crippen molar-refractivity contribution in [1.82, 2.24) is 24.8 Å².